The molecule has 0 aromatic heterocycles. The molecule has 86 valence electrons. The van der Waals surface area contributed by atoms with Crippen molar-refractivity contribution < 1.29 is 4.74 Å². The van der Waals surface area contributed by atoms with Gasteiger partial charge in [-0.15, -0.1) is 0 Å². The number of fused-ring (bicyclic) bond motifs is 1. The Bertz CT molecular complexity index is 407. The zero-order chi connectivity index (χ0) is 11.5. The molecule has 0 amide bonds. The normalized spacial score (nSPS) is 17.6. The van der Waals surface area contributed by atoms with Crippen LogP contribution in [0.5, 0.6) is 5.75 Å². The van der Waals surface area contributed by atoms with Gasteiger partial charge in [-0.1, -0.05) is 6.07 Å². The first kappa shape index (κ1) is 11.1. The Morgan fingerprint density at radius 2 is 2.12 bits per heavy atom. The van der Waals surface area contributed by atoms with Crippen LogP contribution < -0.4 is 10.5 Å². The van der Waals surface area contributed by atoms with Crippen molar-refractivity contribution >= 4 is 5.57 Å². The van der Waals surface area contributed by atoms with E-state index in [9.17, 15) is 0 Å². The van der Waals surface area contributed by atoms with Gasteiger partial charge >= 0.3 is 0 Å². The smallest absolute Gasteiger partial charge is 0.120 e. The molecule has 1 aliphatic rings. The van der Waals surface area contributed by atoms with Crippen LogP contribution in [0.15, 0.2) is 24.4 Å². The summed E-state index contributed by atoms with van der Waals surface area (Å²) in [5, 5.41) is 0. The van der Waals surface area contributed by atoms with Crippen molar-refractivity contribution in [3.05, 3.63) is 35.5 Å². The highest BCUT2D eigenvalue weighted by Gasteiger charge is 2.14. The van der Waals surface area contributed by atoms with Gasteiger partial charge in [-0.05, 0) is 68.1 Å². The molecular weight excluding hydrogens is 198 g/mol. The highest BCUT2D eigenvalue weighted by molar-refractivity contribution is 5.70. The monoisotopic (exact) mass is 217 g/mol. The molecule has 16 heavy (non-hydrogen) atoms. The average molecular weight is 217 g/mol. The Hall–Kier alpha value is -1.44. The highest BCUT2D eigenvalue weighted by Crippen LogP contribution is 2.32. The van der Waals surface area contributed by atoms with E-state index in [1.165, 1.54) is 23.1 Å². The SMILES string of the molecule is CC(C)Oc1ccc2c(c1)CCCC2=CN. The van der Waals surface area contributed by atoms with E-state index in [1.807, 2.05) is 19.9 Å². The van der Waals surface area contributed by atoms with Crippen LogP contribution in [0.1, 0.15) is 37.8 Å². The van der Waals surface area contributed by atoms with E-state index in [2.05, 4.69) is 12.1 Å². The molecule has 1 aliphatic carbocycles. The number of ether oxygens (including phenoxy) is 1. The minimum absolute atomic E-state index is 0.228. The molecular formula is C14H19NO. The summed E-state index contributed by atoms with van der Waals surface area (Å²) in [6.07, 6.45) is 5.36. The third-order valence-corrected chi connectivity index (χ3v) is 2.89. The molecule has 0 radical (unpaired) electrons. The summed E-state index contributed by atoms with van der Waals surface area (Å²) in [4.78, 5) is 0. The summed E-state index contributed by atoms with van der Waals surface area (Å²) in [6.45, 7) is 4.09. The lowest BCUT2D eigenvalue weighted by Gasteiger charge is -2.20. The van der Waals surface area contributed by atoms with Gasteiger partial charge in [0.2, 0.25) is 0 Å². The summed E-state index contributed by atoms with van der Waals surface area (Å²) < 4.78 is 5.70. The number of aryl methyl sites for hydroxylation is 1. The van der Waals surface area contributed by atoms with Gasteiger partial charge in [-0.3, -0.25) is 0 Å². The van der Waals surface area contributed by atoms with Crippen LogP contribution in [0.2, 0.25) is 0 Å². The van der Waals surface area contributed by atoms with E-state index in [0.717, 1.165) is 18.6 Å². The van der Waals surface area contributed by atoms with Gasteiger partial charge in [0, 0.05) is 0 Å². The van der Waals surface area contributed by atoms with Crippen molar-refractivity contribution in [3.63, 3.8) is 0 Å². The van der Waals surface area contributed by atoms with Crippen LogP contribution in [0.3, 0.4) is 0 Å². The molecule has 1 aromatic rings. The quantitative estimate of drug-likeness (QED) is 0.826. The fraction of sp³-hybridized carbons (Fsp3) is 0.429. The van der Waals surface area contributed by atoms with Crippen molar-refractivity contribution in [2.24, 2.45) is 5.73 Å². The molecule has 0 saturated heterocycles. The van der Waals surface area contributed by atoms with Crippen LogP contribution in [-0.4, -0.2) is 6.10 Å². The molecule has 1 aromatic carbocycles. The van der Waals surface area contributed by atoms with Crippen molar-refractivity contribution in [2.75, 3.05) is 0 Å². The molecule has 0 saturated carbocycles. The summed E-state index contributed by atoms with van der Waals surface area (Å²) in [7, 11) is 0. The van der Waals surface area contributed by atoms with Gasteiger partial charge in [-0.2, -0.15) is 0 Å². The van der Waals surface area contributed by atoms with Crippen molar-refractivity contribution in [3.8, 4) is 5.75 Å². The van der Waals surface area contributed by atoms with E-state index in [0.29, 0.717) is 0 Å². The summed E-state index contributed by atoms with van der Waals surface area (Å²) >= 11 is 0. The second-order valence-corrected chi connectivity index (χ2v) is 4.53. The Kier molecular flexibility index (Phi) is 3.18. The highest BCUT2D eigenvalue weighted by atomic mass is 16.5. The van der Waals surface area contributed by atoms with Crippen LogP contribution in [0, 0.1) is 0 Å². The largest absolute Gasteiger partial charge is 0.491 e. The number of hydrogen-bond donors (Lipinski definition) is 1. The fourth-order valence-corrected chi connectivity index (χ4v) is 2.21. The zero-order valence-corrected chi connectivity index (χ0v) is 9.99. The summed E-state index contributed by atoms with van der Waals surface area (Å²) in [5.41, 5.74) is 9.56. The fourth-order valence-electron chi connectivity index (χ4n) is 2.21. The third kappa shape index (κ3) is 2.21. The molecule has 0 atom stereocenters. The number of benzene rings is 1. The van der Waals surface area contributed by atoms with Crippen LogP contribution in [0.25, 0.3) is 5.57 Å². The first-order valence-corrected chi connectivity index (χ1v) is 5.91. The second-order valence-electron chi connectivity index (χ2n) is 4.53. The number of allylic oxidation sites excluding steroid dienone is 1. The van der Waals surface area contributed by atoms with Gasteiger partial charge in [0.1, 0.15) is 5.75 Å². The Balaban J connectivity index is 2.32. The maximum absolute atomic E-state index is 5.70. The van der Waals surface area contributed by atoms with Crippen molar-refractivity contribution in [2.45, 2.75) is 39.2 Å². The van der Waals surface area contributed by atoms with Gasteiger partial charge in [-0.25, -0.2) is 0 Å². The summed E-state index contributed by atoms with van der Waals surface area (Å²) in [5.74, 6) is 0.965. The van der Waals surface area contributed by atoms with Gasteiger partial charge in [0.25, 0.3) is 0 Å². The van der Waals surface area contributed by atoms with E-state index in [-0.39, 0.29) is 6.10 Å². The average Bonchev–Trinajstić information content (AvgIpc) is 2.27. The Labute approximate surface area is 97.1 Å². The molecule has 0 fully saturated rings. The second kappa shape index (κ2) is 4.60. The van der Waals surface area contributed by atoms with E-state index in [1.54, 1.807) is 6.20 Å². The lowest BCUT2D eigenvalue weighted by Crippen LogP contribution is -2.08. The predicted octanol–water partition coefficient (Wildman–Crippen LogP) is 3.11. The van der Waals surface area contributed by atoms with Crippen LogP contribution >= 0.6 is 0 Å². The number of hydrogen-bond acceptors (Lipinski definition) is 2. The van der Waals surface area contributed by atoms with Gasteiger partial charge < -0.3 is 10.5 Å². The molecule has 2 heteroatoms. The van der Waals surface area contributed by atoms with Crippen LogP contribution in [0.4, 0.5) is 0 Å². The molecule has 0 heterocycles. The standard InChI is InChI=1S/C14H19NO/c1-10(2)16-13-6-7-14-11(8-13)4-3-5-12(14)9-15/h6-10H,3-5,15H2,1-2H3. The maximum atomic E-state index is 5.70. The van der Waals surface area contributed by atoms with Crippen molar-refractivity contribution in [1.29, 1.82) is 0 Å². The topological polar surface area (TPSA) is 35.2 Å². The molecule has 0 bridgehead atoms. The van der Waals surface area contributed by atoms with E-state index < -0.39 is 0 Å². The number of rotatable bonds is 2. The van der Waals surface area contributed by atoms with Crippen LogP contribution in [-0.2, 0) is 6.42 Å². The Morgan fingerprint density at radius 1 is 1.31 bits per heavy atom. The first-order valence-electron chi connectivity index (χ1n) is 5.91. The number of nitrogens with two attached hydrogens (primary N) is 1. The van der Waals surface area contributed by atoms with E-state index in [4.69, 9.17) is 10.5 Å². The van der Waals surface area contributed by atoms with E-state index >= 15 is 0 Å². The predicted molar refractivity (Wildman–Crippen MR) is 67.3 cm³/mol. The molecule has 2 rings (SSSR count). The van der Waals surface area contributed by atoms with Gasteiger partial charge in [0.15, 0.2) is 0 Å². The zero-order valence-electron chi connectivity index (χ0n) is 9.99. The molecule has 0 aliphatic heterocycles. The Morgan fingerprint density at radius 3 is 2.81 bits per heavy atom. The van der Waals surface area contributed by atoms with Gasteiger partial charge in [0.05, 0.1) is 6.10 Å². The molecule has 0 unspecified atom stereocenters. The molecule has 0 spiro atoms. The first-order chi connectivity index (χ1) is 7.70. The third-order valence-electron chi connectivity index (χ3n) is 2.89. The minimum Gasteiger partial charge on any atom is -0.491 e. The van der Waals surface area contributed by atoms with Crippen molar-refractivity contribution in [1.82, 2.24) is 0 Å². The minimum atomic E-state index is 0.228. The lowest BCUT2D eigenvalue weighted by molar-refractivity contribution is 0.242. The molecule has 2 nitrogen and oxygen atoms in total. The maximum Gasteiger partial charge on any atom is 0.120 e. The molecule has 2 N–H and O–H groups in total. The lowest BCUT2D eigenvalue weighted by atomic mass is 9.88. The summed E-state index contributed by atoms with van der Waals surface area (Å²) in [6, 6.07) is 6.32.